The summed E-state index contributed by atoms with van der Waals surface area (Å²) in [5, 5.41) is 19.5. The smallest absolute Gasteiger partial charge is 0.358 e. The Balaban J connectivity index is 3.31. The second-order valence-electron chi connectivity index (χ2n) is 1.97. The average Bonchev–Trinajstić information content (AvgIpc) is 2.30. The maximum absolute atomic E-state index is 10.2. The molecular formula is C4H4N4O4. The van der Waals surface area contributed by atoms with Gasteiger partial charge in [-0.1, -0.05) is 0 Å². The lowest BCUT2D eigenvalue weighted by Gasteiger charge is -1.89. The van der Waals surface area contributed by atoms with E-state index >= 15 is 0 Å². The van der Waals surface area contributed by atoms with E-state index in [0.717, 1.165) is 6.20 Å². The molecule has 0 amide bonds. The van der Waals surface area contributed by atoms with Gasteiger partial charge in [0.15, 0.2) is 0 Å². The molecule has 0 aliphatic rings. The Kier molecular flexibility index (Phi) is 1.73. The van der Waals surface area contributed by atoms with Crippen molar-refractivity contribution in [1.29, 1.82) is 0 Å². The molecule has 0 bridgehead atoms. The minimum Gasteiger partial charge on any atom is -0.358 e. The highest BCUT2D eigenvalue weighted by Gasteiger charge is 2.26. The van der Waals surface area contributed by atoms with Gasteiger partial charge < -0.3 is 10.1 Å². The zero-order valence-electron chi connectivity index (χ0n) is 6.00. The highest BCUT2D eigenvalue weighted by Crippen LogP contribution is 2.11. The molecule has 0 aliphatic heterocycles. The van der Waals surface area contributed by atoms with Gasteiger partial charge in [0, 0.05) is 6.92 Å². The molecule has 0 N–H and O–H groups in total. The van der Waals surface area contributed by atoms with Crippen molar-refractivity contribution in [3.05, 3.63) is 32.2 Å². The lowest BCUT2D eigenvalue weighted by atomic mass is 10.7. The van der Waals surface area contributed by atoms with Gasteiger partial charge in [-0.15, -0.1) is 0 Å². The van der Waals surface area contributed by atoms with Crippen LogP contribution in [0.4, 0.5) is 5.82 Å². The van der Waals surface area contributed by atoms with Gasteiger partial charge in [0.1, 0.15) is 6.20 Å². The highest BCUT2D eigenvalue weighted by atomic mass is 16.7. The summed E-state index contributed by atoms with van der Waals surface area (Å²) in [5.41, 5.74) is 0. The molecule has 0 saturated carbocycles. The van der Waals surface area contributed by atoms with Gasteiger partial charge in [-0.05, 0) is 4.92 Å². The van der Waals surface area contributed by atoms with Crippen molar-refractivity contribution in [3.8, 4) is 0 Å². The molecule has 1 aromatic rings. The molecular weight excluding hydrogens is 168 g/mol. The Hall–Kier alpha value is -1.99. The maximum Gasteiger partial charge on any atom is 0.409 e. The molecule has 0 unspecified atom stereocenters. The molecule has 12 heavy (non-hydrogen) atoms. The number of rotatable bonds is 2. The molecule has 64 valence electrons. The largest absolute Gasteiger partial charge is 0.409 e. The van der Waals surface area contributed by atoms with Gasteiger partial charge in [-0.3, -0.25) is 0 Å². The van der Waals surface area contributed by atoms with E-state index < -0.39 is 15.8 Å². The van der Waals surface area contributed by atoms with Gasteiger partial charge in [-0.2, -0.15) is 0 Å². The quantitative estimate of drug-likeness (QED) is 0.466. The maximum atomic E-state index is 10.2. The monoisotopic (exact) mass is 172 g/mol. The molecule has 1 rings (SSSR count). The first kappa shape index (κ1) is 8.11. The predicted octanol–water partition coefficient (Wildman–Crippen LogP) is 0.140. The lowest BCUT2D eigenvalue weighted by molar-refractivity contribution is -0.561. The van der Waals surface area contributed by atoms with Gasteiger partial charge in [0.2, 0.25) is 0 Å². The van der Waals surface area contributed by atoms with E-state index in [1.165, 1.54) is 6.92 Å². The van der Waals surface area contributed by atoms with Crippen molar-refractivity contribution >= 4 is 5.82 Å². The third kappa shape index (κ3) is 1.09. The Morgan fingerprint density at radius 3 is 2.42 bits per heavy atom. The first-order valence-corrected chi connectivity index (χ1v) is 2.87. The third-order valence-electron chi connectivity index (χ3n) is 1.24. The van der Waals surface area contributed by atoms with Crippen LogP contribution in [-0.2, 0) is 0 Å². The molecule has 0 radical (unpaired) electrons. The Bertz CT molecular complexity index is 343. The SMILES string of the molecule is Cc1ncc([N+](=O)[O-])n1[N+](=O)[O-]. The molecule has 1 aromatic heterocycles. The zero-order valence-corrected chi connectivity index (χ0v) is 6.00. The molecule has 0 spiro atoms. The van der Waals surface area contributed by atoms with Crippen LogP contribution in [-0.4, -0.2) is 19.6 Å². The van der Waals surface area contributed by atoms with Crippen LogP contribution in [0.25, 0.3) is 0 Å². The summed E-state index contributed by atoms with van der Waals surface area (Å²) in [6.07, 6.45) is 0.845. The Labute approximate surface area is 65.7 Å². The van der Waals surface area contributed by atoms with E-state index in [2.05, 4.69) is 4.98 Å². The van der Waals surface area contributed by atoms with E-state index in [1.807, 2.05) is 0 Å². The first-order valence-electron chi connectivity index (χ1n) is 2.87. The summed E-state index contributed by atoms with van der Waals surface area (Å²) in [5.74, 6) is -0.663. The van der Waals surface area contributed by atoms with Crippen LogP contribution < -0.4 is 0 Å². The van der Waals surface area contributed by atoms with Crippen molar-refractivity contribution in [1.82, 2.24) is 9.66 Å². The molecule has 0 atom stereocenters. The van der Waals surface area contributed by atoms with E-state index in [-0.39, 0.29) is 5.82 Å². The van der Waals surface area contributed by atoms with Crippen molar-refractivity contribution < 1.29 is 9.96 Å². The normalized spacial score (nSPS) is 9.75. The van der Waals surface area contributed by atoms with Crippen molar-refractivity contribution in [2.24, 2.45) is 0 Å². The second kappa shape index (κ2) is 2.57. The number of nitrogens with zero attached hydrogens (tertiary/aromatic N) is 4. The first-order chi connectivity index (χ1) is 5.54. The summed E-state index contributed by atoms with van der Waals surface area (Å²) < 4.78 is 0.319. The number of hydrogen-bond donors (Lipinski definition) is 0. The summed E-state index contributed by atoms with van der Waals surface area (Å²) in [6, 6.07) is 0. The van der Waals surface area contributed by atoms with Gasteiger partial charge in [0.05, 0.1) is 4.68 Å². The zero-order chi connectivity index (χ0) is 9.30. The molecule has 0 fully saturated rings. The van der Waals surface area contributed by atoms with Crippen molar-refractivity contribution in [2.45, 2.75) is 6.92 Å². The van der Waals surface area contributed by atoms with E-state index in [0.29, 0.717) is 4.68 Å². The Morgan fingerprint density at radius 2 is 2.08 bits per heavy atom. The van der Waals surface area contributed by atoms with Gasteiger partial charge in [-0.25, -0.2) is 15.1 Å². The number of nitro groups is 2. The average molecular weight is 172 g/mol. The summed E-state index contributed by atoms with van der Waals surface area (Å²) in [6.45, 7) is 1.32. The number of imidazole rings is 1. The Morgan fingerprint density at radius 1 is 1.50 bits per heavy atom. The third-order valence-corrected chi connectivity index (χ3v) is 1.24. The number of hydrogen-bond acceptors (Lipinski definition) is 5. The van der Waals surface area contributed by atoms with Crippen LogP contribution >= 0.6 is 0 Å². The topological polar surface area (TPSA) is 104 Å². The van der Waals surface area contributed by atoms with E-state index in [4.69, 9.17) is 0 Å². The summed E-state index contributed by atoms with van der Waals surface area (Å²) in [7, 11) is 0. The standard InChI is InChI=1S/C4H4N4O4/c1-3-5-2-4(7(9)10)6(3)8(11)12/h2H,1H3. The fraction of sp³-hybridized carbons (Fsp3) is 0.250. The van der Waals surface area contributed by atoms with Crippen LogP contribution in [0.5, 0.6) is 0 Å². The minimum absolute atomic E-state index is 0.0216. The predicted molar refractivity (Wildman–Crippen MR) is 36.0 cm³/mol. The molecule has 8 nitrogen and oxygen atoms in total. The van der Waals surface area contributed by atoms with Crippen LogP contribution in [0.1, 0.15) is 5.82 Å². The van der Waals surface area contributed by atoms with Crippen LogP contribution in [0.15, 0.2) is 6.20 Å². The lowest BCUT2D eigenvalue weighted by Crippen LogP contribution is -2.13. The highest BCUT2D eigenvalue weighted by molar-refractivity contribution is 5.16. The fourth-order valence-corrected chi connectivity index (χ4v) is 0.753. The minimum atomic E-state index is -0.888. The molecule has 0 saturated heterocycles. The molecule has 1 heterocycles. The molecule has 8 heteroatoms. The van der Waals surface area contributed by atoms with Crippen molar-refractivity contribution in [3.63, 3.8) is 0 Å². The second-order valence-corrected chi connectivity index (χ2v) is 1.97. The summed E-state index contributed by atoms with van der Waals surface area (Å²) in [4.78, 5) is 23.0. The number of aryl methyl sites for hydroxylation is 1. The van der Waals surface area contributed by atoms with Gasteiger partial charge >= 0.3 is 5.82 Å². The van der Waals surface area contributed by atoms with Crippen LogP contribution in [0.2, 0.25) is 0 Å². The van der Waals surface area contributed by atoms with Gasteiger partial charge in [0.25, 0.3) is 10.9 Å². The number of aromatic nitrogens is 2. The molecule has 0 aliphatic carbocycles. The van der Waals surface area contributed by atoms with E-state index in [9.17, 15) is 20.2 Å². The van der Waals surface area contributed by atoms with Crippen molar-refractivity contribution in [2.75, 3.05) is 0 Å². The fourth-order valence-electron chi connectivity index (χ4n) is 0.753. The summed E-state index contributed by atoms with van der Waals surface area (Å²) >= 11 is 0. The van der Waals surface area contributed by atoms with Crippen LogP contribution in [0.3, 0.4) is 0 Å². The molecule has 0 aromatic carbocycles. The van der Waals surface area contributed by atoms with Crippen LogP contribution in [0, 0.1) is 27.2 Å². The van der Waals surface area contributed by atoms with E-state index in [1.54, 1.807) is 0 Å².